The van der Waals surface area contributed by atoms with E-state index in [0.717, 1.165) is 25.7 Å². The highest BCUT2D eigenvalue weighted by Gasteiger charge is 2.71. The van der Waals surface area contributed by atoms with Gasteiger partial charge in [0.05, 0.1) is 9.93 Å². The maximum Gasteiger partial charge on any atom is 0.307 e. The van der Waals surface area contributed by atoms with Crippen molar-refractivity contribution in [3.63, 3.8) is 0 Å². The summed E-state index contributed by atoms with van der Waals surface area (Å²) in [6.45, 7) is 11.7. The molecule has 1 N–H and O–H groups in total. The molecule has 3 saturated carbocycles. The van der Waals surface area contributed by atoms with E-state index in [1.54, 1.807) is 0 Å². The molecule has 0 radical (unpaired) electrons. The highest BCUT2D eigenvalue weighted by molar-refractivity contribution is 9.10. The molecule has 0 bridgehead atoms. The van der Waals surface area contributed by atoms with Crippen LogP contribution in [-0.4, -0.2) is 33.1 Å². The van der Waals surface area contributed by atoms with Gasteiger partial charge in [0, 0.05) is 25.7 Å². The van der Waals surface area contributed by atoms with Gasteiger partial charge in [0.15, 0.2) is 0 Å². The van der Waals surface area contributed by atoms with Crippen LogP contribution in [0.3, 0.4) is 0 Å². The number of carbonyl (C=O) groups excluding carboxylic acids is 2. The molecule has 0 unspecified atom stereocenters. The number of aliphatic hydroxyl groups is 1. The molecule has 0 aromatic carbocycles. The van der Waals surface area contributed by atoms with Crippen LogP contribution in [0.25, 0.3) is 0 Å². The maximum absolute atomic E-state index is 11.9. The number of alkyl halides is 1. The summed E-state index contributed by atoms with van der Waals surface area (Å²) in [4.78, 5) is 23.4. The van der Waals surface area contributed by atoms with Crippen molar-refractivity contribution >= 4 is 27.9 Å². The first-order chi connectivity index (χ1) is 14.3. The summed E-state index contributed by atoms with van der Waals surface area (Å²) < 4.78 is 10.7. The van der Waals surface area contributed by atoms with E-state index in [1.165, 1.54) is 13.8 Å². The molecule has 31 heavy (non-hydrogen) atoms. The smallest absolute Gasteiger partial charge is 0.307 e. The molecule has 0 spiro atoms. The van der Waals surface area contributed by atoms with Gasteiger partial charge in [0.25, 0.3) is 0 Å². The van der Waals surface area contributed by atoms with Crippen LogP contribution in [0.4, 0.5) is 0 Å². The van der Waals surface area contributed by atoms with E-state index >= 15 is 0 Å². The number of hydrogen-bond acceptors (Lipinski definition) is 5. The predicted octanol–water partition coefficient (Wildman–Crippen LogP) is 5.14. The van der Waals surface area contributed by atoms with Crippen molar-refractivity contribution in [2.75, 3.05) is 0 Å². The lowest BCUT2D eigenvalue weighted by molar-refractivity contribution is -0.191. The van der Waals surface area contributed by atoms with Gasteiger partial charge in [-0.2, -0.15) is 0 Å². The van der Waals surface area contributed by atoms with Crippen molar-refractivity contribution < 1.29 is 24.2 Å². The average molecular weight is 497 g/mol. The average Bonchev–Trinajstić information content (AvgIpc) is 2.94. The van der Waals surface area contributed by atoms with E-state index in [0.29, 0.717) is 36.4 Å². The highest BCUT2D eigenvalue weighted by Crippen LogP contribution is 2.72. The van der Waals surface area contributed by atoms with Gasteiger partial charge in [0.2, 0.25) is 0 Å². The molecule has 3 fully saturated rings. The van der Waals surface area contributed by atoms with Crippen LogP contribution in [-0.2, 0) is 19.1 Å². The number of allylic oxidation sites excluding steroid dienone is 2. The van der Waals surface area contributed by atoms with E-state index in [-0.39, 0.29) is 34.8 Å². The lowest BCUT2D eigenvalue weighted by Crippen LogP contribution is -2.70. The molecule has 174 valence electrons. The number of rotatable bonds is 2. The second kappa shape index (κ2) is 7.31. The van der Waals surface area contributed by atoms with Crippen molar-refractivity contribution in [3.05, 3.63) is 11.8 Å². The number of fused-ring (bicyclic) bond motifs is 5. The second-order valence-corrected chi connectivity index (χ2v) is 12.7. The fourth-order valence-electron chi connectivity index (χ4n) is 8.24. The molecule has 4 aliphatic carbocycles. The van der Waals surface area contributed by atoms with Crippen LogP contribution < -0.4 is 0 Å². The Bertz CT molecular complexity index is 821. The molecule has 5 nitrogen and oxygen atoms in total. The Morgan fingerprint density at radius 3 is 2.39 bits per heavy atom. The quantitative estimate of drug-likeness (QED) is 0.423. The third-order valence-electron chi connectivity index (χ3n) is 9.84. The Morgan fingerprint density at radius 1 is 1.10 bits per heavy atom. The van der Waals surface area contributed by atoms with Gasteiger partial charge in [-0.05, 0) is 74.2 Å². The minimum Gasteiger partial charge on any atom is -0.462 e. The van der Waals surface area contributed by atoms with E-state index in [1.807, 2.05) is 6.92 Å². The van der Waals surface area contributed by atoms with Crippen molar-refractivity contribution in [1.29, 1.82) is 0 Å². The van der Waals surface area contributed by atoms with Gasteiger partial charge < -0.3 is 14.6 Å². The Morgan fingerprint density at radius 2 is 1.77 bits per heavy atom. The second-order valence-electron chi connectivity index (χ2n) is 11.4. The largest absolute Gasteiger partial charge is 0.462 e. The summed E-state index contributed by atoms with van der Waals surface area (Å²) >= 11 is 4.06. The van der Waals surface area contributed by atoms with E-state index < -0.39 is 9.93 Å². The van der Waals surface area contributed by atoms with Crippen LogP contribution in [0.5, 0.6) is 0 Å². The first-order valence-electron chi connectivity index (χ1n) is 11.7. The van der Waals surface area contributed by atoms with Gasteiger partial charge in [-0.3, -0.25) is 9.59 Å². The minimum absolute atomic E-state index is 0.0244. The molecule has 4 rings (SSSR count). The number of esters is 2. The molecule has 0 aliphatic heterocycles. The summed E-state index contributed by atoms with van der Waals surface area (Å²) in [7, 11) is 0. The molecular weight excluding hydrogens is 460 g/mol. The van der Waals surface area contributed by atoms with Crippen LogP contribution in [0.2, 0.25) is 0 Å². The van der Waals surface area contributed by atoms with E-state index in [9.17, 15) is 14.7 Å². The summed E-state index contributed by atoms with van der Waals surface area (Å²) in [5.74, 6) is 1.53. The Hall–Kier alpha value is -0.880. The minimum atomic E-state index is -0.964. The summed E-state index contributed by atoms with van der Waals surface area (Å²) in [6.07, 6.45) is 7.32. The van der Waals surface area contributed by atoms with Gasteiger partial charge in [-0.15, -0.1) is 0 Å². The van der Waals surface area contributed by atoms with E-state index in [4.69, 9.17) is 9.47 Å². The van der Waals surface area contributed by atoms with E-state index in [2.05, 4.69) is 42.8 Å². The number of halogens is 1. The number of ether oxygens (including phenoxy) is 2. The molecule has 9 atom stereocenters. The topological polar surface area (TPSA) is 72.8 Å². The van der Waals surface area contributed by atoms with Gasteiger partial charge in [-0.25, -0.2) is 0 Å². The Kier molecular flexibility index (Phi) is 5.49. The zero-order chi connectivity index (χ0) is 23.0. The summed E-state index contributed by atoms with van der Waals surface area (Å²) in [6, 6.07) is 0. The van der Waals surface area contributed by atoms with Crippen LogP contribution >= 0.6 is 15.9 Å². The molecule has 4 aliphatic rings. The molecule has 0 amide bonds. The summed E-state index contributed by atoms with van der Waals surface area (Å²) in [5, 5.41) is 11.9. The first-order valence-corrected chi connectivity index (χ1v) is 12.5. The Labute approximate surface area is 194 Å². The molecule has 6 heteroatoms. The Balaban J connectivity index is 1.73. The van der Waals surface area contributed by atoms with Crippen molar-refractivity contribution in [1.82, 2.24) is 0 Å². The molecular formula is C25H37BrO5. The van der Waals surface area contributed by atoms with Gasteiger partial charge in [-0.1, -0.05) is 36.7 Å². The highest BCUT2D eigenvalue weighted by atomic mass is 79.9. The fraction of sp³-hybridized carbons (Fsp3) is 0.840. The number of hydrogen-bond donors (Lipinski definition) is 1. The third-order valence-corrected chi connectivity index (χ3v) is 11.8. The lowest BCUT2D eigenvalue weighted by Gasteiger charge is -2.68. The first kappa shape index (κ1) is 23.3. The lowest BCUT2D eigenvalue weighted by atomic mass is 9.41. The fourth-order valence-corrected chi connectivity index (χ4v) is 9.34. The SMILES string of the molecule is CC(=O)OC1=C[C@@H](C)[C@]2(C)[C@H]3CC[C@]4(C)[C@@H](OC(C)=O)CC[C@H]4[C@@H]3C[C@@](C)(O)[C@@]2(Br)C1. The monoisotopic (exact) mass is 496 g/mol. The van der Waals surface area contributed by atoms with Gasteiger partial charge >= 0.3 is 11.9 Å². The predicted molar refractivity (Wildman–Crippen MR) is 121 cm³/mol. The van der Waals surface area contributed by atoms with Crippen molar-refractivity contribution in [3.8, 4) is 0 Å². The number of carbonyl (C=O) groups is 2. The normalized spacial score (nSPS) is 51.1. The standard InChI is InChI=1S/C25H37BrO5/c1-14-11-17(30-15(2)27)12-25(26)23(5,29)13-18-19-7-8-21(31-16(3)28)22(19,4)10-9-20(18)24(14,25)6/h11,14,18-21,29H,7-10,12-13H2,1-6H3/t14-,18+,19+,20+,21+,22+,23-,24-,25+/m1/s1. The molecule has 0 aromatic rings. The molecule has 0 heterocycles. The summed E-state index contributed by atoms with van der Waals surface area (Å²) in [5.41, 5.74) is -1.18. The van der Waals surface area contributed by atoms with Crippen molar-refractivity contribution in [2.24, 2.45) is 34.5 Å². The van der Waals surface area contributed by atoms with Crippen LogP contribution in [0.1, 0.15) is 80.1 Å². The molecule has 0 aromatic heterocycles. The van der Waals surface area contributed by atoms with Gasteiger partial charge in [0.1, 0.15) is 11.9 Å². The van der Waals surface area contributed by atoms with Crippen molar-refractivity contribution in [2.45, 2.75) is 96.1 Å². The van der Waals surface area contributed by atoms with Crippen LogP contribution in [0.15, 0.2) is 11.8 Å². The molecule has 0 saturated heterocycles. The zero-order valence-corrected chi connectivity index (χ0v) is 21.3. The zero-order valence-electron chi connectivity index (χ0n) is 19.7. The van der Waals surface area contributed by atoms with Crippen LogP contribution in [0, 0.1) is 34.5 Å². The third kappa shape index (κ3) is 3.18. The maximum atomic E-state index is 11.9.